The Labute approximate surface area is 232 Å². The highest BCUT2D eigenvalue weighted by atomic mass is 35.5. The standard InChI is InChI=1S/C32H30ClNO5/c33-27-16-14-23(15-17-27)28(20-29(35)24-8-6-22(7-9-24)21-4-2-1-3-5-21)31(38)25-10-12-26(13-11-25)32(39)34-19-18-30(36)37/h6-17,20-21H,1-5,18-19H2,(H,34,39)(H,36,37)/b28-20-. The molecule has 1 fully saturated rings. The minimum atomic E-state index is -1.01. The Morgan fingerprint density at radius 1 is 0.769 bits per heavy atom. The molecular weight excluding hydrogens is 514 g/mol. The van der Waals surface area contributed by atoms with Crippen molar-refractivity contribution in [3.8, 4) is 0 Å². The molecule has 4 rings (SSSR count). The van der Waals surface area contributed by atoms with E-state index in [0.717, 1.165) is 0 Å². The predicted molar refractivity (Wildman–Crippen MR) is 151 cm³/mol. The maximum absolute atomic E-state index is 13.6. The van der Waals surface area contributed by atoms with E-state index in [0.29, 0.717) is 33.2 Å². The molecule has 2 N–H and O–H groups in total. The highest BCUT2D eigenvalue weighted by Gasteiger charge is 2.19. The number of Topliss-reactive ketones (excluding diaryl/α,β-unsaturated/α-hetero) is 1. The average Bonchev–Trinajstić information content (AvgIpc) is 2.96. The Morgan fingerprint density at radius 3 is 1.95 bits per heavy atom. The summed E-state index contributed by atoms with van der Waals surface area (Å²) in [6, 6.07) is 20.4. The molecule has 6 nitrogen and oxygen atoms in total. The normalized spacial score (nSPS) is 14.0. The number of nitrogens with one attached hydrogen (secondary N) is 1. The van der Waals surface area contributed by atoms with Crippen LogP contribution in [0.15, 0.2) is 78.9 Å². The summed E-state index contributed by atoms with van der Waals surface area (Å²) in [4.78, 5) is 49.8. The second-order valence-electron chi connectivity index (χ2n) is 9.69. The fourth-order valence-corrected chi connectivity index (χ4v) is 4.92. The first-order valence-corrected chi connectivity index (χ1v) is 13.5. The van der Waals surface area contributed by atoms with Gasteiger partial charge in [-0.1, -0.05) is 79.4 Å². The monoisotopic (exact) mass is 543 g/mol. The number of aliphatic carboxylic acids is 1. The molecule has 0 atom stereocenters. The minimum absolute atomic E-state index is 0.00203. The number of ketones is 2. The van der Waals surface area contributed by atoms with Crippen LogP contribution in [-0.4, -0.2) is 35.1 Å². The molecule has 1 amide bonds. The summed E-state index contributed by atoms with van der Waals surface area (Å²) in [5.41, 5.74) is 3.11. The number of carbonyl (C=O) groups is 4. The lowest BCUT2D eigenvalue weighted by molar-refractivity contribution is -0.136. The van der Waals surface area contributed by atoms with E-state index < -0.39 is 11.9 Å². The summed E-state index contributed by atoms with van der Waals surface area (Å²) >= 11 is 6.05. The van der Waals surface area contributed by atoms with Gasteiger partial charge in [0.15, 0.2) is 11.6 Å². The molecule has 0 radical (unpaired) electrons. The number of benzene rings is 3. The first-order chi connectivity index (χ1) is 18.8. The smallest absolute Gasteiger partial charge is 0.305 e. The quantitative estimate of drug-likeness (QED) is 0.218. The van der Waals surface area contributed by atoms with Crippen LogP contribution in [0.4, 0.5) is 0 Å². The topological polar surface area (TPSA) is 101 Å². The van der Waals surface area contributed by atoms with E-state index in [1.807, 2.05) is 24.3 Å². The summed E-state index contributed by atoms with van der Waals surface area (Å²) < 4.78 is 0. The van der Waals surface area contributed by atoms with Crippen molar-refractivity contribution < 1.29 is 24.3 Å². The van der Waals surface area contributed by atoms with E-state index in [1.165, 1.54) is 68.0 Å². The molecule has 0 saturated heterocycles. The number of carbonyl (C=O) groups excluding carboxylic acids is 3. The van der Waals surface area contributed by atoms with Gasteiger partial charge in [-0.05, 0) is 60.2 Å². The number of carboxylic acid groups (broad SMARTS) is 1. The number of hydrogen-bond acceptors (Lipinski definition) is 4. The molecule has 1 aliphatic carbocycles. The third kappa shape index (κ3) is 7.52. The van der Waals surface area contributed by atoms with E-state index in [4.69, 9.17) is 16.7 Å². The lowest BCUT2D eigenvalue weighted by atomic mass is 9.84. The number of rotatable bonds is 10. The Bertz CT molecular complexity index is 1370. The van der Waals surface area contributed by atoms with E-state index in [9.17, 15) is 19.2 Å². The molecule has 0 spiro atoms. The van der Waals surface area contributed by atoms with Crippen LogP contribution < -0.4 is 5.32 Å². The second-order valence-corrected chi connectivity index (χ2v) is 10.1. The van der Waals surface area contributed by atoms with Crippen LogP contribution in [0.3, 0.4) is 0 Å². The molecule has 200 valence electrons. The van der Waals surface area contributed by atoms with Crippen molar-refractivity contribution in [3.63, 3.8) is 0 Å². The largest absolute Gasteiger partial charge is 0.481 e. The summed E-state index contributed by atoms with van der Waals surface area (Å²) in [7, 11) is 0. The summed E-state index contributed by atoms with van der Waals surface area (Å²) in [5.74, 6) is -1.56. The molecule has 1 aliphatic rings. The third-order valence-electron chi connectivity index (χ3n) is 6.98. The molecule has 0 heterocycles. The fraction of sp³-hybridized carbons (Fsp3) is 0.250. The highest BCUT2D eigenvalue weighted by Crippen LogP contribution is 2.32. The van der Waals surface area contributed by atoms with Crippen molar-refractivity contribution in [1.82, 2.24) is 5.32 Å². The van der Waals surface area contributed by atoms with Gasteiger partial charge < -0.3 is 10.4 Å². The number of halogens is 1. The lowest BCUT2D eigenvalue weighted by Crippen LogP contribution is -2.26. The van der Waals surface area contributed by atoms with Crippen LogP contribution in [0, 0.1) is 0 Å². The van der Waals surface area contributed by atoms with E-state index in [2.05, 4.69) is 5.32 Å². The summed E-state index contributed by atoms with van der Waals surface area (Å²) in [5, 5.41) is 11.8. The zero-order valence-electron chi connectivity index (χ0n) is 21.5. The Kier molecular flexibility index (Phi) is 9.45. The lowest BCUT2D eigenvalue weighted by Gasteiger charge is -2.21. The van der Waals surface area contributed by atoms with Gasteiger partial charge in [0.05, 0.1) is 6.42 Å². The number of amides is 1. The van der Waals surface area contributed by atoms with Crippen LogP contribution in [0.2, 0.25) is 5.02 Å². The molecule has 0 aromatic heterocycles. The first-order valence-electron chi connectivity index (χ1n) is 13.1. The number of allylic oxidation sites excluding steroid dienone is 2. The zero-order valence-corrected chi connectivity index (χ0v) is 22.2. The third-order valence-corrected chi connectivity index (χ3v) is 7.23. The van der Waals surface area contributed by atoms with Crippen molar-refractivity contribution in [2.75, 3.05) is 6.54 Å². The Morgan fingerprint density at radius 2 is 1.33 bits per heavy atom. The van der Waals surface area contributed by atoms with Crippen LogP contribution in [0.25, 0.3) is 5.57 Å². The van der Waals surface area contributed by atoms with Gasteiger partial charge in [0.2, 0.25) is 0 Å². The van der Waals surface area contributed by atoms with Gasteiger partial charge >= 0.3 is 5.97 Å². The molecule has 0 aliphatic heterocycles. The molecule has 0 bridgehead atoms. The first kappa shape index (κ1) is 28.0. The van der Waals surface area contributed by atoms with Crippen molar-refractivity contribution >= 4 is 40.6 Å². The summed E-state index contributed by atoms with van der Waals surface area (Å²) in [6.45, 7) is 0.00203. The highest BCUT2D eigenvalue weighted by molar-refractivity contribution is 6.33. The van der Waals surface area contributed by atoms with Gasteiger partial charge in [-0.15, -0.1) is 0 Å². The molecule has 39 heavy (non-hydrogen) atoms. The molecule has 1 saturated carbocycles. The fourth-order valence-electron chi connectivity index (χ4n) is 4.79. The predicted octanol–water partition coefficient (Wildman–Crippen LogP) is 6.74. The Hall–Kier alpha value is -4.03. The van der Waals surface area contributed by atoms with Crippen molar-refractivity contribution in [2.45, 2.75) is 44.4 Å². The van der Waals surface area contributed by atoms with Gasteiger partial charge in [0.1, 0.15) is 0 Å². The van der Waals surface area contributed by atoms with Crippen LogP contribution >= 0.6 is 11.6 Å². The van der Waals surface area contributed by atoms with Gasteiger partial charge in [-0.2, -0.15) is 0 Å². The van der Waals surface area contributed by atoms with E-state index >= 15 is 0 Å². The molecule has 3 aromatic rings. The molecule has 7 heteroatoms. The molecular formula is C32H30ClNO5. The zero-order chi connectivity index (χ0) is 27.8. The van der Waals surface area contributed by atoms with Gasteiger partial charge in [0.25, 0.3) is 5.91 Å². The maximum atomic E-state index is 13.6. The minimum Gasteiger partial charge on any atom is -0.481 e. The summed E-state index contributed by atoms with van der Waals surface area (Å²) in [6.07, 6.45) is 7.26. The maximum Gasteiger partial charge on any atom is 0.305 e. The van der Waals surface area contributed by atoms with Crippen LogP contribution in [0.5, 0.6) is 0 Å². The van der Waals surface area contributed by atoms with E-state index in [1.54, 1.807) is 24.3 Å². The average molecular weight is 544 g/mol. The number of hydrogen-bond donors (Lipinski definition) is 2. The molecule has 0 unspecified atom stereocenters. The Balaban J connectivity index is 1.56. The van der Waals surface area contributed by atoms with E-state index in [-0.39, 0.29) is 30.1 Å². The SMILES string of the molecule is O=C(O)CCNC(=O)c1ccc(C(=O)/C(=C\C(=O)c2ccc(C3CCCCC3)cc2)c2ccc(Cl)cc2)cc1. The second kappa shape index (κ2) is 13.2. The van der Waals surface area contributed by atoms with Crippen molar-refractivity contribution in [2.24, 2.45) is 0 Å². The van der Waals surface area contributed by atoms with Crippen LogP contribution in [-0.2, 0) is 4.79 Å². The van der Waals surface area contributed by atoms with Crippen molar-refractivity contribution in [3.05, 3.63) is 112 Å². The van der Waals surface area contributed by atoms with Gasteiger partial charge in [-0.3, -0.25) is 19.2 Å². The molecule has 3 aromatic carbocycles. The van der Waals surface area contributed by atoms with Crippen molar-refractivity contribution in [1.29, 1.82) is 0 Å². The van der Waals surface area contributed by atoms with Crippen LogP contribution in [0.1, 0.15) is 86.6 Å². The van der Waals surface area contributed by atoms with Gasteiger partial charge in [0, 0.05) is 33.8 Å². The van der Waals surface area contributed by atoms with Gasteiger partial charge in [-0.25, -0.2) is 0 Å². The number of carboxylic acids is 1.